The van der Waals surface area contributed by atoms with Crippen molar-refractivity contribution < 1.29 is 31.1 Å². The smallest absolute Gasteiger partial charge is 0.326 e. The molecule has 12 heteroatoms. The minimum atomic E-state index is -4.66. The largest absolute Gasteiger partial charge is 0.416 e. The summed E-state index contributed by atoms with van der Waals surface area (Å²) < 4.78 is 78.4. The van der Waals surface area contributed by atoms with Crippen LogP contribution in [0.15, 0.2) is 76.3 Å². The van der Waals surface area contributed by atoms with Gasteiger partial charge in [-0.3, -0.25) is 10.1 Å². The predicted molar refractivity (Wildman–Crippen MR) is 113 cm³/mol. The molecule has 3 aromatic rings. The average Bonchev–Trinajstić information content (AvgIpc) is 2.73. The third-order valence-electron chi connectivity index (χ3n) is 4.06. The molecule has 2 N–H and O–H groups in total. The number of guanidine groups is 1. The molecule has 172 valence electrons. The molecule has 0 spiro atoms. The first-order chi connectivity index (χ1) is 15.4. The van der Waals surface area contributed by atoms with Gasteiger partial charge in [-0.25, -0.2) is 4.98 Å². The van der Waals surface area contributed by atoms with Crippen molar-refractivity contribution in [2.24, 2.45) is 4.99 Å². The van der Waals surface area contributed by atoms with Crippen molar-refractivity contribution in [3.05, 3.63) is 88.0 Å². The van der Waals surface area contributed by atoms with E-state index in [9.17, 15) is 31.1 Å². The zero-order chi connectivity index (χ0) is 24.2. The molecule has 0 unspecified atom stereocenters. The zero-order valence-electron chi connectivity index (χ0n) is 16.3. The second-order valence-corrected chi connectivity index (χ2v) is 7.33. The number of hydrogen-bond acceptors (Lipinski definition) is 3. The number of halogens is 7. The van der Waals surface area contributed by atoms with Gasteiger partial charge in [0, 0.05) is 11.3 Å². The van der Waals surface area contributed by atoms with Gasteiger partial charge >= 0.3 is 12.4 Å². The van der Waals surface area contributed by atoms with Crippen LogP contribution in [0.3, 0.4) is 0 Å². The Kier molecular flexibility index (Phi) is 7.06. The van der Waals surface area contributed by atoms with E-state index in [0.717, 1.165) is 36.4 Å². The van der Waals surface area contributed by atoms with Crippen LogP contribution in [0.1, 0.15) is 21.5 Å². The number of nitrogens with one attached hydrogen (secondary N) is 2. The van der Waals surface area contributed by atoms with Gasteiger partial charge in [0.15, 0.2) is 5.82 Å². The molecule has 0 saturated carbocycles. The Morgan fingerprint density at radius 2 is 1.45 bits per heavy atom. The first-order valence-electron chi connectivity index (χ1n) is 9.06. The van der Waals surface area contributed by atoms with Gasteiger partial charge in [0.25, 0.3) is 5.91 Å². The van der Waals surface area contributed by atoms with Gasteiger partial charge in [-0.2, -0.15) is 31.3 Å². The minimum absolute atomic E-state index is 0.0667. The van der Waals surface area contributed by atoms with E-state index < -0.39 is 29.4 Å². The van der Waals surface area contributed by atoms with Crippen LogP contribution >= 0.6 is 15.9 Å². The summed E-state index contributed by atoms with van der Waals surface area (Å²) >= 11 is 3.14. The number of carbonyl (C=O) groups is 1. The normalized spacial score (nSPS) is 12.4. The monoisotopic (exact) mass is 530 g/mol. The maximum Gasteiger partial charge on any atom is 0.416 e. The second-order valence-electron chi connectivity index (χ2n) is 6.52. The molecule has 0 radical (unpaired) electrons. The number of anilines is 1. The van der Waals surface area contributed by atoms with Crippen molar-refractivity contribution in [2.75, 3.05) is 5.32 Å². The van der Waals surface area contributed by atoms with Crippen molar-refractivity contribution >= 4 is 39.3 Å². The summed E-state index contributed by atoms with van der Waals surface area (Å²) in [6.45, 7) is 0. The highest BCUT2D eigenvalue weighted by Crippen LogP contribution is 2.31. The molecule has 0 aliphatic carbocycles. The van der Waals surface area contributed by atoms with Gasteiger partial charge in [0.2, 0.25) is 5.96 Å². The Hall–Kier alpha value is -3.41. The van der Waals surface area contributed by atoms with Crippen LogP contribution in [0.25, 0.3) is 0 Å². The molecular weight excluding hydrogens is 518 g/mol. The van der Waals surface area contributed by atoms with Gasteiger partial charge in [-0.05, 0) is 64.5 Å². The van der Waals surface area contributed by atoms with Crippen LogP contribution in [0.4, 0.5) is 37.8 Å². The maximum atomic E-state index is 13.0. The molecule has 2 aromatic carbocycles. The summed E-state index contributed by atoms with van der Waals surface area (Å²) in [5.74, 6) is -1.24. The molecule has 0 aliphatic heterocycles. The third-order valence-corrected chi connectivity index (χ3v) is 4.51. The molecule has 1 heterocycles. The predicted octanol–water partition coefficient (Wildman–Crippen LogP) is 6.41. The van der Waals surface area contributed by atoms with Crippen LogP contribution in [-0.2, 0) is 12.4 Å². The zero-order valence-corrected chi connectivity index (χ0v) is 17.9. The van der Waals surface area contributed by atoms with Crippen molar-refractivity contribution in [1.82, 2.24) is 10.3 Å². The van der Waals surface area contributed by atoms with Crippen molar-refractivity contribution in [2.45, 2.75) is 12.4 Å². The molecule has 33 heavy (non-hydrogen) atoms. The van der Waals surface area contributed by atoms with E-state index in [0.29, 0.717) is 10.7 Å². The summed E-state index contributed by atoms with van der Waals surface area (Å²) in [7, 11) is 0. The number of pyridine rings is 1. The van der Waals surface area contributed by atoms with Crippen LogP contribution in [0, 0.1) is 0 Å². The lowest BCUT2D eigenvalue weighted by atomic mass is 10.1. The quantitative estimate of drug-likeness (QED) is 0.178. The average molecular weight is 531 g/mol. The highest BCUT2D eigenvalue weighted by molar-refractivity contribution is 9.10. The van der Waals surface area contributed by atoms with Gasteiger partial charge in [0.1, 0.15) is 4.60 Å². The fraction of sp³-hybridized carbons (Fsp3) is 0.0952. The molecule has 0 aliphatic rings. The van der Waals surface area contributed by atoms with Crippen LogP contribution in [0.2, 0.25) is 0 Å². The van der Waals surface area contributed by atoms with Gasteiger partial charge < -0.3 is 5.32 Å². The fourth-order valence-electron chi connectivity index (χ4n) is 2.59. The first-order valence-corrected chi connectivity index (χ1v) is 9.85. The number of aliphatic imine (C=N–C) groups is 1. The van der Waals surface area contributed by atoms with Gasteiger partial charge in [-0.1, -0.05) is 18.2 Å². The second kappa shape index (κ2) is 9.61. The van der Waals surface area contributed by atoms with Gasteiger partial charge in [0.05, 0.1) is 11.1 Å². The molecule has 1 aromatic heterocycles. The minimum Gasteiger partial charge on any atom is -0.326 e. The van der Waals surface area contributed by atoms with Crippen LogP contribution < -0.4 is 10.6 Å². The molecule has 0 saturated heterocycles. The van der Waals surface area contributed by atoms with Crippen molar-refractivity contribution in [1.29, 1.82) is 0 Å². The molecule has 0 atom stereocenters. The Labute approximate surface area is 191 Å². The maximum absolute atomic E-state index is 13.0. The van der Waals surface area contributed by atoms with E-state index in [1.807, 2.05) is 0 Å². The number of hydrogen-bond donors (Lipinski definition) is 2. The van der Waals surface area contributed by atoms with E-state index in [1.165, 1.54) is 12.1 Å². The Bertz CT molecular complexity index is 1190. The van der Waals surface area contributed by atoms with Crippen molar-refractivity contribution in [3.63, 3.8) is 0 Å². The summed E-state index contributed by atoms with van der Waals surface area (Å²) in [4.78, 5) is 20.7. The number of amides is 1. The summed E-state index contributed by atoms with van der Waals surface area (Å²) in [6.07, 6.45) is -9.27. The lowest BCUT2D eigenvalue weighted by molar-refractivity contribution is -0.138. The molecule has 0 bridgehead atoms. The molecule has 1 amide bonds. The van der Waals surface area contributed by atoms with E-state index >= 15 is 0 Å². The van der Waals surface area contributed by atoms with E-state index in [-0.39, 0.29) is 23.0 Å². The molecular formula is C21H13BrF6N4O. The standard InChI is InChI=1S/C21H13BrF6N4O/c22-16-8-3-9-17(30-16)31-19(29-15-7-2-6-14(11-15)21(26,27)28)32-18(33)12-4-1-5-13(10-12)20(23,24)25/h1-11H,(H2,29,30,31,32,33). The van der Waals surface area contributed by atoms with Crippen LogP contribution in [-0.4, -0.2) is 16.9 Å². The lowest BCUT2D eigenvalue weighted by Crippen LogP contribution is -2.36. The number of carbonyl (C=O) groups excluding carboxylic acids is 1. The topological polar surface area (TPSA) is 66.4 Å². The molecule has 0 fully saturated rings. The summed E-state index contributed by atoms with van der Waals surface area (Å²) in [5.41, 5.74) is -2.38. The van der Waals surface area contributed by atoms with Crippen molar-refractivity contribution in [3.8, 4) is 0 Å². The number of alkyl halides is 6. The summed E-state index contributed by atoms with van der Waals surface area (Å²) in [5, 5.41) is 4.83. The summed E-state index contributed by atoms with van der Waals surface area (Å²) in [6, 6.07) is 12.4. The number of aromatic nitrogens is 1. The Morgan fingerprint density at radius 3 is 2.09 bits per heavy atom. The van der Waals surface area contributed by atoms with Crippen LogP contribution in [0.5, 0.6) is 0 Å². The van der Waals surface area contributed by atoms with Gasteiger partial charge in [-0.15, -0.1) is 0 Å². The number of nitrogens with zero attached hydrogens (tertiary/aromatic N) is 2. The highest BCUT2D eigenvalue weighted by Gasteiger charge is 2.31. The third kappa shape index (κ3) is 6.78. The van der Waals surface area contributed by atoms with E-state index in [4.69, 9.17) is 0 Å². The first kappa shape index (κ1) is 24.2. The van der Waals surface area contributed by atoms with E-state index in [2.05, 4.69) is 36.5 Å². The van der Waals surface area contributed by atoms with E-state index in [1.54, 1.807) is 12.1 Å². The molecule has 3 rings (SSSR count). The highest BCUT2D eigenvalue weighted by atomic mass is 79.9. The lowest BCUT2D eigenvalue weighted by Gasteiger charge is -2.14. The number of benzene rings is 2. The molecule has 5 nitrogen and oxygen atoms in total. The number of rotatable bonds is 3. The Morgan fingerprint density at radius 1 is 0.848 bits per heavy atom. The Balaban J connectivity index is 1.94. The fourth-order valence-corrected chi connectivity index (χ4v) is 2.92. The SMILES string of the molecule is O=C(NC(=Nc1cccc(Br)n1)Nc1cccc(C(F)(F)F)c1)c1cccc(C(F)(F)F)c1.